The van der Waals surface area contributed by atoms with Crippen molar-refractivity contribution in [3.8, 4) is 0 Å². The average Bonchev–Trinajstić information content (AvgIpc) is 3.20. The van der Waals surface area contributed by atoms with E-state index in [0.29, 0.717) is 0 Å². The molecule has 126 valence electrons. The Bertz CT molecular complexity index is 720. The monoisotopic (exact) mass is 324 g/mol. The first kappa shape index (κ1) is 15.4. The molecule has 5 heteroatoms. The number of nitrogens with zero attached hydrogens (tertiary/aromatic N) is 2. The van der Waals surface area contributed by atoms with Crippen LogP contribution in [0.5, 0.6) is 0 Å². The Kier molecular flexibility index (Phi) is 3.88. The summed E-state index contributed by atoms with van der Waals surface area (Å²) in [6.07, 6.45) is 7.13. The maximum absolute atomic E-state index is 13.0. The van der Waals surface area contributed by atoms with Gasteiger partial charge < -0.3 is 10.6 Å². The first-order valence-electron chi connectivity index (χ1n) is 8.75. The average molecular weight is 324 g/mol. The summed E-state index contributed by atoms with van der Waals surface area (Å²) >= 11 is 0. The van der Waals surface area contributed by atoms with Gasteiger partial charge in [-0.05, 0) is 30.4 Å². The summed E-state index contributed by atoms with van der Waals surface area (Å²) in [7, 11) is 1.92. The third kappa shape index (κ3) is 2.63. The number of carbonyl (C=O) groups excluding carboxylic acids is 1. The van der Waals surface area contributed by atoms with Gasteiger partial charge in [0, 0.05) is 32.3 Å². The highest BCUT2D eigenvalue weighted by Gasteiger charge is 2.43. The van der Waals surface area contributed by atoms with Gasteiger partial charge in [0.05, 0.1) is 17.7 Å². The summed E-state index contributed by atoms with van der Waals surface area (Å²) in [5, 5.41) is 11.0. The van der Waals surface area contributed by atoms with Crippen molar-refractivity contribution in [2.45, 2.75) is 30.7 Å². The van der Waals surface area contributed by atoms with Crippen LogP contribution in [0.2, 0.25) is 0 Å². The Hall–Kier alpha value is -2.14. The highest BCUT2D eigenvalue weighted by atomic mass is 16.2. The number of hydrogen-bond acceptors (Lipinski definition) is 3. The molecule has 1 aromatic carbocycles. The lowest BCUT2D eigenvalue weighted by Gasteiger charge is -2.44. The van der Waals surface area contributed by atoms with E-state index in [0.717, 1.165) is 31.5 Å². The van der Waals surface area contributed by atoms with E-state index in [1.807, 2.05) is 25.5 Å². The standard InChI is InChI=1S/C19H24N4O/c1-23-13-14(10-21-23)16-11-20-12-17(16)18(24)22-19(8-5-9-19)15-6-3-2-4-7-15/h2-4,6-7,10,13,16-17,20H,5,8-9,11-12H2,1H3,(H,22,24)/t16-,17+/m1/s1. The van der Waals surface area contributed by atoms with Gasteiger partial charge in [-0.15, -0.1) is 0 Å². The highest BCUT2D eigenvalue weighted by molar-refractivity contribution is 5.81. The molecule has 0 radical (unpaired) electrons. The topological polar surface area (TPSA) is 59.0 Å². The van der Waals surface area contributed by atoms with Crippen molar-refractivity contribution in [2.24, 2.45) is 13.0 Å². The third-order valence-electron chi connectivity index (χ3n) is 5.60. The second-order valence-electron chi connectivity index (χ2n) is 7.11. The zero-order valence-corrected chi connectivity index (χ0v) is 14.0. The van der Waals surface area contributed by atoms with E-state index in [4.69, 9.17) is 0 Å². The molecule has 1 aliphatic heterocycles. The molecule has 5 nitrogen and oxygen atoms in total. The Morgan fingerprint density at radius 3 is 2.71 bits per heavy atom. The van der Waals surface area contributed by atoms with Gasteiger partial charge in [0.1, 0.15) is 0 Å². The molecule has 0 unspecified atom stereocenters. The van der Waals surface area contributed by atoms with Gasteiger partial charge in [0.25, 0.3) is 0 Å². The van der Waals surface area contributed by atoms with Crippen LogP contribution in [0.3, 0.4) is 0 Å². The maximum atomic E-state index is 13.0. The van der Waals surface area contributed by atoms with Crippen LogP contribution >= 0.6 is 0 Å². The van der Waals surface area contributed by atoms with Gasteiger partial charge in [-0.2, -0.15) is 5.10 Å². The summed E-state index contributed by atoms with van der Waals surface area (Å²) in [4.78, 5) is 13.0. The van der Waals surface area contributed by atoms with Gasteiger partial charge in [0.15, 0.2) is 0 Å². The summed E-state index contributed by atoms with van der Waals surface area (Å²) in [6, 6.07) is 10.4. The summed E-state index contributed by atoms with van der Waals surface area (Å²) < 4.78 is 1.81. The first-order valence-corrected chi connectivity index (χ1v) is 8.75. The second-order valence-corrected chi connectivity index (χ2v) is 7.11. The van der Waals surface area contributed by atoms with Crippen molar-refractivity contribution in [3.63, 3.8) is 0 Å². The van der Waals surface area contributed by atoms with Gasteiger partial charge in [-0.25, -0.2) is 0 Å². The van der Waals surface area contributed by atoms with Crippen molar-refractivity contribution < 1.29 is 4.79 Å². The van der Waals surface area contributed by atoms with Crippen LogP contribution in [-0.2, 0) is 17.4 Å². The number of aryl methyl sites for hydroxylation is 1. The van der Waals surface area contributed by atoms with E-state index in [-0.39, 0.29) is 23.3 Å². The number of hydrogen-bond donors (Lipinski definition) is 2. The zero-order chi connectivity index (χ0) is 16.6. The van der Waals surface area contributed by atoms with Gasteiger partial charge in [-0.3, -0.25) is 9.48 Å². The molecule has 0 spiro atoms. The molecular formula is C19H24N4O. The van der Waals surface area contributed by atoms with Gasteiger partial charge >= 0.3 is 0 Å². The van der Waals surface area contributed by atoms with E-state index in [1.165, 1.54) is 12.0 Å². The minimum Gasteiger partial charge on any atom is -0.346 e. The van der Waals surface area contributed by atoms with Crippen LogP contribution in [0, 0.1) is 5.92 Å². The van der Waals surface area contributed by atoms with Crippen molar-refractivity contribution in [1.82, 2.24) is 20.4 Å². The van der Waals surface area contributed by atoms with E-state index in [1.54, 1.807) is 4.68 Å². The lowest BCUT2D eigenvalue weighted by Crippen LogP contribution is -2.53. The molecular weight excluding hydrogens is 300 g/mol. The van der Waals surface area contributed by atoms with Crippen LogP contribution in [-0.4, -0.2) is 28.8 Å². The molecule has 2 aromatic rings. The van der Waals surface area contributed by atoms with Crippen molar-refractivity contribution >= 4 is 5.91 Å². The Morgan fingerprint density at radius 2 is 2.08 bits per heavy atom. The molecule has 2 atom stereocenters. The molecule has 2 heterocycles. The van der Waals surface area contributed by atoms with Crippen LogP contribution in [0.4, 0.5) is 0 Å². The van der Waals surface area contributed by atoms with Gasteiger partial charge in [0.2, 0.25) is 5.91 Å². The molecule has 4 rings (SSSR count). The highest BCUT2D eigenvalue weighted by Crippen LogP contribution is 2.42. The number of nitrogens with one attached hydrogen (secondary N) is 2. The minimum absolute atomic E-state index is 0.0320. The van der Waals surface area contributed by atoms with E-state index in [2.05, 4.69) is 40.0 Å². The number of amides is 1. The molecule has 2 fully saturated rings. The zero-order valence-electron chi connectivity index (χ0n) is 14.0. The molecule has 2 N–H and O–H groups in total. The predicted molar refractivity (Wildman–Crippen MR) is 92.4 cm³/mol. The number of rotatable bonds is 4. The largest absolute Gasteiger partial charge is 0.346 e. The maximum Gasteiger partial charge on any atom is 0.225 e. The van der Waals surface area contributed by atoms with Crippen LogP contribution in [0.15, 0.2) is 42.7 Å². The summed E-state index contributed by atoms with van der Waals surface area (Å²) in [5.41, 5.74) is 2.21. The summed E-state index contributed by atoms with van der Waals surface area (Å²) in [5.74, 6) is 0.333. The smallest absolute Gasteiger partial charge is 0.225 e. The minimum atomic E-state index is -0.166. The fraction of sp³-hybridized carbons (Fsp3) is 0.474. The molecule has 1 amide bonds. The molecule has 2 aliphatic rings. The molecule has 1 saturated heterocycles. The summed E-state index contributed by atoms with van der Waals surface area (Å²) in [6.45, 7) is 1.57. The number of carbonyl (C=O) groups is 1. The number of aromatic nitrogens is 2. The SMILES string of the molecule is Cn1cc([C@H]2CNC[C@@H]2C(=O)NC2(c3ccccc3)CCC2)cn1. The normalized spacial score (nSPS) is 25.2. The van der Waals surface area contributed by atoms with Crippen LogP contribution in [0.25, 0.3) is 0 Å². The number of benzene rings is 1. The lowest BCUT2D eigenvalue weighted by atomic mass is 9.71. The van der Waals surface area contributed by atoms with Crippen molar-refractivity contribution in [2.75, 3.05) is 13.1 Å². The Labute approximate surface area is 142 Å². The van der Waals surface area contributed by atoms with Crippen molar-refractivity contribution in [3.05, 3.63) is 53.9 Å². The molecule has 1 saturated carbocycles. The fourth-order valence-corrected chi connectivity index (χ4v) is 4.04. The van der Waals surface area contributed by atoms with E-state index < -0.39 is 0 Å². The van der Waals surface area contributed by atoms with E-state index in [9.17, 15) is 4.79 Å². The van der Waals surface area contributed by atoms with Gasteiger partial charge in [-0.1, -0.05) is 30.3 Å². The van der Waals surface area contributed by atoms with Crippen molar-refractivity contribution in [1.29, 1.82) is 0 Å². The second kappa shape index (κ2) is 6.06. The van der Waals surface area contributed by atoms with E-state index >= 15 is 0 Å². The lowest BCUT2D eigenvalue weighted by molar-refractivity contribution is -0.128. The van der Waals surface area contributed by atoms with Crippen LogP contribution in [0.1, 0.15) is 36.3 Å². The molecule has 1 aliphatic carbocycles. The Morgan fingerprint density at radius 1 is 1.29 bits per heavy atom. The quantitative estimate of drug-likeness (QED) is 0.903. The molecule has 0 bridgehead atoms. The molecule has 1 aromatic heterocycles. The van der Waals surface area contributed by atoms with Crippen LogP contribution < -0.4 is 10.6 Å². The first-order chi connectivity index (χ1) is 11.7. The molecule has 24 heavy (non-hydrogen) atoms. The Balaban J connectivity index is 1.53. The third-order valence-corrected chi connectivity index (χ3v) is 5.60. The predicted octanol–water partition coefficient (Wildman–Crippen LogP) is 1.92. The fourth-order valence-electron chi connectivity index (χ4n) is 4.04.